The Morgan fingerprint density at radius 2 is 1.87 bits per heavy atom. The Morgan fingerprint density at radius 1 is 1.27 bits per heavy atom. The summed E-state index contributed by atoms with van der Waals surface area (Å²) in [5.41, 5.74) is 3.60. The van der Waals surface area contributed by atoms with Crippen LogP contribution in [0, 0.1) is 11.3 Å². The molecule has 1 fully saturated rings. The number of nitrogens with one attached hydrogen (secondary N) is 1. The fraction of sp³-hybridized carbons (Fsp3) is 1.00. The van der Waals surface area contributed by atoms with Crippen LogP contribution >= 0.6 is 0 Å². The Bertz CT molecular complexity index is 173. The molecule has 15 heavy (non-hydrogen) atoms. The molecule has 0 bridgehead atoms. The van der Waals surface area contributed by atoms with Gasteiger partial charge in [0.2, 0.25) is 0 Å². The molecule has 0 amide bonds. The van der Waals surface area contributed by atoms with Crippen LogP contribution in [0.3, 0.4) is 0 Å². The number of rotatable bonds is 6. The second-order valence-electron chi connectivity index (χ2n) is 5.39. The van der Waals surface area contributed by atoms with Gasteiger partial charge in [-0.2, -0.15) is 0 Å². The third-order valence-corrected chi connectivity index (χ3v) is 4.58. The summed E-state index contributed by atoms with van der Waals surface area (Å²) in [5.74, 6) is 6.55. The molecule has 0 aromatic heterocycles. The van der Waals surface area contributed by atoms with Crippen LogP contribution in [0.1, 0.15) is 65.7 Å². The predicted octanol–water partition coefficient (Wildman–Crippen LogP) is 3.22. The van der Waals surface area contributed by atoms with Gasteiger partial charge in [0.05, 0.1) is 0 Å². The highest BCUT2D eigenvalue weighted by atomic mass is 15.2. The molecule has 1 saturated carbocycles. The SMILES string of the molecule is CCC(C)CC(NN)C1(CC)CCCC1. The normalized spacial score (nSPS) is 24.0. The van der Waals surface area contributed by atoms with Crippen LogP contribution in [0.25, 0.3) is 0 Å². The lowest BCUT2D eigenvalue weighted by Gasteiger charge is -2.38. The van der Waals surface area contributed by atoms with Gasteiger partial charge >= 0.3 is 0 Å². The lowest BCUT2D eigenvalue weighted by atomic mass is 9.73. The summed E-state index contributed by atoms with van der Waals surface area (Å²) in [7, 11) is 0. The first-order valence-corrected chi connectivity index (χ1v) is 6.64. The van der Waals surface area contributed by atoms with Crippen LogP contribution in [-0.2, 0) is 0 Å². The number of nitrogens with two attached hydrogens (primary N) is 1. The van der Waals surface area contributed by atoms with Gasteiger partial charge in [-0.1, -0.05) is 40.0 Å². The monoisotopic (exact) mass is 212 g/mol. The number of hydrazine groups is 1. The summed E-state index contributed by atoms with van der Waals surface area (Å²) in [6.45, 7) is 6.93. The van der Waals surface area contributed by atoms with Gasteiger partial charge in [-0.05, 0) is 37.0 Å². The Morgan fingerprint density at radius 3 is 2.27 bits per heavy atom. The quantitative estimate of drug-likeness (QED) is 0.524. The van der Waals surface area contributed by atoms with Crippen molar-refractivity contribution in [2.45, 2.75) is 71.8 Å². The van der Waals surface area contributed by atoms with Crippen LogP contribution in [0.5, 0.6) is 0 Å². The smallest absolute Gasteiger partial charge is 0.0269 e. The molecule has 0 aromatic rings. The molecule has 0 aromatic carbocycles. The van der Waals surface area contributed by atoms with Crippen LogP contribution in [0.15, 0.2) is 0 Å². The molecule has 0 spiro atoms. The molecule has 3 N–H and O–H groups in total. The van der Waals surface area contributed by atoms with E-state index < -0.39 is 0 Å². The standard InChI is InChI=1S/C13H28N2/c1-4-11(3)10-12(15-14)13(5-2)8-6-7-9-13/h11-12,15H,4-10,14H2,1-3H3. The summed E-state index contributed by atoms with van der Waals surface area (Å²) in [6.07, 6.45) is 9.31. The molecule has 1 aliphatic carbocycles. The zero-order chi connectivity index (χ0) is 11.3. The van der Waals surface area contributed by atoms with Crippen molar-refractivity contribution in [3.8, 4) is 0 Å². The van der Waals surface area contributed by atoms with Crippen molar-refractivity contribution in [1.82, 2.24) is 5.43 Å². The Labute approximate surface area is 95.0 Å². The molecule has 2 unspecified atom stereocenters. The summed E-state index contributed by atoms with van der Waals surface area (Å²) in [6, 6.07) is 0.528. The van der Waals surface area contributed by atoms with Crippen LogP contribution in [0.4, 0.5) is 0 Å². The van der Waals surface area contributed by atoms with Crippen molar-refractivity contribution >= 4 is 0 Å². The topological polar surface area (TPSA) is 38.0 Å². The van der Waals surface area contributed by atoms with E-state index in [9.17, 15) is 0 Å². The van der Waals surface area contributed by atoms with Crippen molar-refractivity contribution < 1.29 is 0 Å². The lowest BCUT2D eigenvalue weighted by molar-refractivity contribution is 0.161. The maximum atomic E-state index is 5.77. The molecule has 0 radical (unpaired) electrons. The fourth-order valence-corrected chi connectivity index (χ4v) is 3.09. The van der Waals surface area contributed by atoms with E-state index in [4.69, 9.17) is 5.84 Å². The highest BCUT2D eigenvalue weighted by Crippen LogP contribution is 2.45. The second kappa shape index (κ2) is 5.86. The Hall–Kier alpha value is -0.0800. The third-order valence-electron chi connectivity index (χ3n) is 4.58. The highest BCUT2D eigenvalue weighted by molar-refractivity contribution is 4.93. The Balaban J connectivity index is 2.62. The van der Waals surface area contributed by atoms with Gasteiger partial charge in [-0.15, -0.1) is 0 Å². The van der Waals surface area contributed by atoms with Crippen molar-refractivity contribution in [1.29, 1.82) is 0 Å². The molecule has 0 saturated heterocycles. The minimum atomic E-state index is 0.498. The summed E-state index contributed by atoms with van der Waals surface area (Å²) in [4.78, 5) is 0. The molecule has 0 heterocycles. The fourth-order valence-electron chi connectivity index (χ4n) is 3.09. The van der Waals surface area contributed by atoms with E-state index in [0.717, 1.165) is 5.92 Å². The van der Waals surface area contributed by atoms with Gasteiger partial charge < -0.3 is 0 Å². The zero-order valence-corrected chi connectivity index (χ0v) is 10.7. The maximum Gasteiger partial charge on any atom is 0.0269 e. The molecular weight excluding hydrogens is 184 g/mol. The molecular formula is C13H28N2. The molecule has 1 rings (SSSR count). The molecule has 2 nitrogen and oxygen atoms in total. The van der Waals surface area contributed by atoms with Gasteiger partial charge in [0.1, 0.15) is 0 Å². The second-order valence-corrected chi connectivity index (χ2v) is 5.39. The average Bonchev–Trinajstić information content (AvgIpc) is 2.75. The van der Waals surface area contributed by atoms with Gasteiger partial charge in [0, 0.05) is 6.04 Å². The minimum Gasteiger partial charge on any atom is -0.271 e. The third kappa shape index (κ3) is 2.94. The summed E-state index contributed by atoms with van der Waals surface area (Å²) in [5, 5.41) is 0. The molecule has 2 atom stereocenters. The van der Waals surface area contributed by atoms with Crippen LogP contribution in [0.2, 0.25) is 0 Å². The first kappa shape index (κ1) is 13.0. The largest absolute Gasteiger partial charge is 0.271 e. The Kier molecular flexibility index (Phi) is 5.07. The molecule has 0 aliphatic heterocycles. The lowest BCUT2D eigenvalue weighted by Crippen LogP contribution is -2.48. The molecule has 90 valence electrons. The van der Waals surface area contributed by atoms with E-state index in [0.29, 0.717) is 11.5 Å². The van der Waals surface area contributed by atoms with Crippen molar-refractivity contribution in [3.05, 3.63) is 0 Å². The van der Waals surface area contributed by atoms with Crippen LogP contribution < -0.4 is 11.3 Å². The van der Waals surface area contributed by atoms with E-state index >= 15 is 0 Å². The van der Waals surface area contributed by atoms with Crippen LogP contribution in [-0.4, -0.2) is 6.04 Å². The predicted molar refractivity (Wildman–Crippen MR) is 66.4 cm³/mol. The summed E-state index contributed by atoms with van der Waals surface area (Å²) < 4.78 is 0. The van der Waals surface area contributed by atoms with E-state index in [-0.39, 0.29) is 0 Å². The first-order valence-electron chi connectivity index (χ1n) is 6.64. The molecule has 2 heteroatoms. The minimum absolute atomic E-state index is 0.498. The van der Waals surface area contributed by atoms with Gasteiger partial charge in [0.25, 0.3) is 0 Å². The maximum absolute atomic E-state index is 5.77. The van der Waals surface area contributed by atoms with Crippen molar-refractivity contribution in [2.75, 3.05) is 0 Å². The zero-order valence-electron chi connectivity index (χ0n) is 10.7. The highest BCUT2D eigenvalue weighted by Gasteiger charge is 2.39. The van der Waals surface area contributed by atoms with Crippen molar-refractivity contribution in [2.24, 2.45) is 17.2 Å². The van der Waals surface area contributed by atoms with E-state index in [1.54, 1.807) is 0 Å². The van der Waals surface area contributed by atoms with E-state index in [1.807, 2.05) is 0 Å². The van der Waals surface area contributed by atoms with E-state index in [1.165, 1.54) is 44.9 Å². The molecule has 1 aliphatic rings. The average molecular weight is 212 g/mol. The first-order chi connectivity index (χ1) is 7.18. The van der Waals surface area contributed by atoms with Gasteiger partial charge in [-0.3, -0.25) is 11.3 Å². The van der Waals surface area contributed by atoms with Crippen molar-refractivity contribution in [3.63, 3.8) is 0 Å². The van der Waals surface area contributed by atoms with E-state index in [2.05, 4.69) is 26.2 Å². The van der Waals surface area contributed by atoms with Gasteiger partial charge in [-0.25, -0.2) is 0 Å². The summed E-state index contributed by atoms with van der Waals surface area (Å²) >= 11 is 0. The van der Waals surface area contributed by atoms with Gasteiger partial charge in [0.15, 0.2) is 0 Å². The number of hydrogen-bond acceptors (Lipinski definition) is 2. The number of hydrogen-bond donors (Lipinski definition) is 2.